The molecule has 190 valence electrons. The monoisotopic (exact) mass is 507 g/mol. The van der Waals surface area contributed by atoms with E-state index in [1.807, 2.05) is 0 Å². The maximum atomic E-state index is 13.9. The minimum Gasteiger partial charge on any atom is -0.465 e. The number of carboxylic acid groups (broad SMARTS) is 1. The number of rotatable bonds is 5. The lowest BCUT2D eigenvalue weighted by Crippen LogP contribution is -2.40. The van der Waals surface area contributed by atoms with Crippen LogP contribution in [-0.2, 0) is 6.54 Å². The quantitative estimate of drug-likeness (QED) is 0.375. The van der Waals surface area contributed by atoms with Gasteiger partial charge in [0, 0.05) is 25.2 Å². The molecule has 1 aliphatic rings. The molecule has 1 saturated heterocycles. The van der Waals surface area contributed by atoms with E-state index >= 15 is 0 Å². The number of nitrogens with one attached hydrogen (secondary N) is 1. The van der Waals surface area contributed by atoms with Gasteiger partial charge in [-0.15, -0.1) is 0 Å². The van der Waals surface area contributed by atoms with Gasteiger partial charge in [0.25, 0.3) is 5.91 Å². The smallest absolute Gasteiger partial charge is 0.407 e. The number of hydrogen-bond donors (Lipinski definition) is 3. The standard InChI is InChI=1S/C25H23F2N7O3/c26-17-4-1-5-18(27)19(17)24(35)29-11-14-6-8-15(9-7-14)21-20-22(28)30-13-31-23(20)34(32-21)16-3-2-10-33(12-16)25(36)37/h1,4-9,13,16H,2-3,10-12H2,(H,29,35)(H,36,37)(H2,28,30,31)/t16-/m1/s1. The number of aromatic nitrogens is 4. The number of nitrogens with zero attached hydrogens (tertiary/aromatic N) is 5. The van der Waals surface area contributed by atoms with Crippen molar-refractivity contribution in [2.45, 2.75) is 25.4 Å². The van der Waals surface area contributed by atoms with Crippen molar-refractivity contribution in [1.82, 2.24) is 30.0 Å². The third kappa shape index (κ3) is 4.65. The highest BCUT2D eigenvalue weighted by Crippen LogP contribution is 2.33. The fraction of sp³-hybridized carbons (Fsp3) is 0.240. The summed E-state index contributed by atoms with van der Waals surface area (Å²) < 4.78 is 29.4. The number of hydrogen-bond acceptors (Lipinski definition) is 6. The Morgan fingerprint density at radius 2 is 1.84 bits per heavy atom. The third-order valence-electron chi connectivity index (χ3n) is 6.40. The van der Waals surface area contributed by atoms with Gasteiger partial charge in [-0.1, -0.05) is 30.3 Å². The highest BCUT2D eigenvalue weighted by Gasteiger charge is 2.28. The predicted octanol–water partition coefficient (Wildman–Crippen LogP) is 3.60. The first-order valence-corrected chi connectivity index (χ1v) is 11.6. The fourth-order valence-electron chi connectivity index (χ4n) is 4.55. The minimum absolute atomic E-state index is 0.0560. The molecule has 0 aliphatic carbocycles. The summed E-state index contributed by atoms with van der Waals surface area (Å²) in [6.45, 7) is 0.813. The Morgan fingerprint density at radius 1 is 1.11 bits per heavy atom. The number of fused-ring (bicyclic) bond motifs is 1. The number of amides is 2. The van der Waals surface area contributed by atoms with E-state index in [1.165, 1.54) is 17.3 Å². The normalized spacial score (nSPS) is 15.6. The fourth-order valence-corrected chi connectivity index (χ4v) is 4.55. The van der Waals surface area contributed by atoms with Gasteiger partial charge in [0.15, 0.2) is 5.65 Å². The SMILES string of the molecule is Nc1ncnc2c1c(-c1ccc(CNC(=O)c3c(F)cccc3F)cc1)nn2[C@@H]1CCCN(C(=O)O)C1. The molecule has 3 heterocycles. The lowest BCUT2D eigenvalue weighted by Gasteiger charge is -2.30. The topological polar surface area (TPSA) is 139 Å². The second-order valence-corrected chi connectivity index (χ2v) is 8.75. The first kappa shape index (κ1) is 24.1. The number of halogens is 2. The van der Waals surface area contributed by atoms with Crippen molar-refractivity contribution < 1.29 is 23.5 Å². The van der Waals surface area contributed by atoms with Gasteiger partial charge in [-0.05, 0) is 30.5 Å². The number of anilines is 1. The average Bonchev–Trinajstić information content (AvgIpc) is 3.29. The van der Waals surface area contributed by atoms with Gasteiger partial charge in [0.05, 0.1) is 11.4 Å². The zero-order valence-electron chi connectivity index (χ0n) is 19.6. The number of carbonyl (C=O) groups excluding carboxylic acids is 1. The summed E-state index contributed by atoms with van der Waals surface area (Å²) in [6, 6.07) is 10.1. The Labute approximate surface area is 209 Å². The minimum atomic E-state index is -0.976. The van der Waals surface area contributed by atoms with Gasteiger partial charge in [-0.2, -0.15) is 5.10 Å². The van der Waals surface area contributed by atoms with Gasteiger partial charge in [-0.3, -0.25) is 4.79 Å². The largest absolute Gasteiger partial charge is 0.465 e. The van der Waals surface area contributed by atoms with E-state index in [2.05, 4.69) is 15.3 Å². The van der Waals surface area contributed by atoms with Gasteiger partial charge >= 0.3 is 6.09 Å². The zero-order chi connectivity index (χ0) is 26.1. The Balaban J connectivity index is 1.40. The molecule has 37 heavy (non-hydrogen) atoms. The van der Waals surface area contributed by atoms with Gasteiger partial charge in [0.1, 0.15) is 35.0 Å². The molecule has 4 N–H and O–H groups in total. The molecule has 2 aromatic carbocycles. The first-order chi connectivity index (χ1) is 17.8. The Hall–Kier alpha value is -4.61. The Morgan fingerprint density at radius 3 is 2.54 bits per heavy atom. The van der Waals surface area contributed by atoms with Crippen LogP contribution in [0.1, 0.15) is 34.8 Å². The van der Waals surface area contributed by atoms with Crippen molar-refractivity contribution in [2.24, 2.45) is 0 Å². The summed E-state index contributed by atoms with van der Waals surface area (Å²) in [4.78, 5) is 33.6. The second kappa shape index (κ2) is 9.80. The summed E-state index contributed by atoms with van der Waals surface area (Å²) >= 11 is 0. The maximum Gasteiger partial charge on any atom is 0.407 e. The molecule has 2 amide bonds. The summed E-state index contributed by atoms with van der Waals surface area (Å²) in [7, 11) is 0. The van der Waals surface area contributed by atoms with Crippen LogP contribution in [0, 0.1) is 11.6 Å². The van der Waals surface area contributed by atoms with Gasteiger partial charge in [0.2, 0.25) is 0 Å². The van der Waals surface area contributed by atoms with Crippen molar-refractivity contribution in [3.8, 4) is 11.3 Å². The third-order valence-corrected chi connectivity index (χ3v) is 6.40. The Kier molecular flexibility index (Phi) is 6.38. The van der Waals surface area contributed by atoms with Crippen molar-refractivity contribution in [1.29, 1.82) is 0 Å². The number of piperidine rings is 1. The predicted molar refractivity (Wildman–Crippen MR) is 131 cm³/mol. The number of nitrogens with two attached hydrogens (primary N) is 1. The molecular formula is C25H23F2N7O3. The van der Waals surface area contributed by atoms with E-state index < -0.39 is 29.2 Å². The highest BCUT2D eigenvalue weighted by atomic mass is 19.1. The summed E-state index contributed by atoms with van der Waals surface area (Å²) in [5.74, 6) is -2.46. The second-order valence-electron chi connectivity index (χ2n) is 8.75. The molecule has 0 spiro atoms. The lowest BCUT2D eigenvalue weighted by molar-refractivity contribution is 0.0942. The molecule has 2 aromatic heterocycles. The zero-order valence-corrected chi connectivity index (χ0v) is 19.6. The van der Waals surface area contributed by atoms with Crippen LogP contribution < -0.4 is 11.1 Å². The molecule has 1 fully saturated rings. The molecule has 0 bridgehead atoms. The lowest BCUT2D eigenvalue weighted by atomic mass is 10.1. The maximum absolute atomic E-state index is 13.9. The molecule has 0 saturated carbocycles. The number of nitrogen functional groups attached to an aromatic ring is 1. The molecule has 0 unspecified atom stereocenters. The van der Waals surface area contributed by atoms with E-state index in [1.54, 1.807) is 28.9 Å². The van der Waals surface area contributed by atoms with Crippen LogP contribution in [0.3, 0.4) is 0 Å². The number of benzene rings is 2. The van der Waals surface area contributed by atoms with E-state index in [0.29, 0.717) is 40.8 Å². The first-order valence-electron chi connectivity index (χ1n) is 11.6. The van der Waals surface area contributed by atoms with Crippen molar-refractivity contribution in [3.63, 3.8) is 0 Å². The van der Waals surface area contributed by atoms with E-state index in [-0.39, 0.29) is 24.9 Å². The van der Waals surface area contributed by atoms with Crippen LogP contribution in [0.4, 0.5) is 19.4 Å². The molecule has 1 atom stereocenters. The Bertz CT molecular complexity index is 1470. The molecule has 0 radical (unpaired) electrons. The van der Waals surface area contributed by atoms with Crippen LogP contribution in [0.15, 0.2) is 48.8 Å². The summed E-state index contributed by atoms with van der Waals surface area (Å²) in [5.41, 5.74) is 8.03. The summed E-state index contributed by atoms with van der Waals surface area (Å²) in [5, 5.41) is 17.3. The van der Waals surface area contributed by atoms with Crippen LogP contribution in [0.2, 0.25) is 0 Å². The highest BCUT2D eigenvalue weighted by molar-refractivity contribution is 5.98. The van der Waals surface area contributed by atoms with Gasteiger partial charge in [-0.25, -0.2) is 28.2 Å². The van der Waals surface area contributed by atoms with Crippen molar-refractivity contribution in [2.75, 3.05) is 18.8 Å². The number of carbonyl (C=O) groups is 2. The molecular weight excluding hydrogens is 484 g/mol. The van der Waals surface area contributed by atoms with Gasteiger partial charge < -0.3 is 21.1 Å². The van der Waals surface area contributed by atoms with Crippen molar-refractivity contribution in [3.05, 3.63) is 71.6 Å². The molecule has 1 aliphatic heterocycles. The van der Waals surface area contributed by atoms with E-state index in [9.17, 15) is 23.5 Å². The molecule has 5 rings (SSSR count). The van der Waals surface area contributed by atoms with E-state index in [4.69, 9.17) is 10.8 Å². The van der Waals surface area contributed by atoms with Crippen LogP contribution in [0.5, 0.6) is 0 Å². The molecule has 10 nitrogen and oxygen atoms in total. The van der Waals surface area contributed by atoms with Crippen LogP contribution >= 0.6 is 0 Å². The van der Waals surface area contributed by atoms with E-state index in [0.717, 1.165) is 18.6 Å². The number of likely N-dealkylation sites (tertiary alicyclic amines) is 1. The molecule has 4 aromatic rings. The van der Waals surface area contributed by atoms with Crippen molar-refractivity contribution >= 4 is 28.9 Å². The van der Waals surface area contributed by atoms with Crippen LogP contribution in [-0.4, -0.2) is 54.8 Å². The molecule has 12 heteroatoms. The van der Waals surface area contributed by atoms with Crippen LogP contribution in [0.25, 0.3) is 22.3 Å². The average molecular weight is 508 g/mol. The summed E-state index contributed by atoms with van der Waals surface area (Å²) in [6.07, 6.45) is 1.81.